The summed E-state index contributed by atoms with van der Waals surface area (Å²) in [5, 5.41) is 0. The van der Waals surface area contributed by atoms with Crippen molar-refractivity contribution in [3.63, 3.8) is 0 Å². The maximum Gasteiger partial charge on any atom is 0.0101 e. The molecular formula is C3H9PS. The molecule has 0 heterocycles. The van der Waals surface area contributed by atoms with Crippen LogP contribution in [0.25, 0.3) is 0 Å². The zero-order chi connectivity index (χ0) is 4.28. The number of thiol groups is 1. The highest BCUT2D eigenvalue weighted by Gasteiger charge is 1.79. The molecule has 0 N–H and O–H groups in total. The second kappa shape index (κ2) is 2.99. The molecule has 0 rings (SSSR count). The molecule has 0 saturated carbocycles. The summed E-state index contributed by atoms with van der Waals surface area (Å²) in [5.74, 6) is 0. The molecule has 0 amide bonds. The van der Waals surface area contributed by atoms with Gasteiger partial charge in [0.05, 0.1) is 0 Å². The third-order valence-corrected chi connectivity index (χ3v) is 2.55. The lowest BCUT2D eigenvalue weighted by Crippen LogP contribution is -1.61. The fourth-order valence-electron chi connectivity index (χ4n) is 0. The van der Waals surface area contributed by atoms with Crippen molar-refractivity contribution in [1.29, 1.82) is 0 Å². The van der Waals surface area contributed by atoms with E-state index in [1.807, 2.05) is 0 Å². The molecule has 0 aromatic rings. The predicted molar refractivity (Wildman–Crippen MR) is 32.6 cm³/mol. The van der Waals surface area contributed by atoms with Crippen molar-refractivity contribution in [1.82, 2.24) is 0 Å². The summed E-state index contributed by atoms with van der Waals surface area (Å²) in [6.45, 7) is 4.42. The van der Waals surface area contributed by atoms with Crippen LogP contribution >= 0.6 is 20.6 Å². The first kappa shape index (κ1) is 5.78. The summed E-state index contributed by atoms with van der Waals surface area (Å²) >= 11 is 4.04. The summed E-state index contributed by atoms with van der Waals surface area (Å²) in [6.07, 6.45) is 0. The zero-order valence-electron chi connectivity index (χ0n) is 3.60. The van der Waals surface area contributed by atoms with E-state index in [1.54, 1.807) is 0 Å². The standard InChI is InChI=1S/C3H9PS/c1-4(2)3-5/h5H,3H2,1-2H3. The van der Waals surface area contributed by atoms with Crippen LogP contribution in [0.1, 0.15) is 0 Å². The number of rotatable bonds is 1. The molecule has 0 atom stereocenters. The van der Waals surface area contributed by atoms with Crippen LogP contribution in [0.5, 0.6) is 0 Å². The maximum atomic E-state index is 4.04. The quantitative estimate of drug-likeness (QED) is 0.383. The Labute approximate surface area is 40.1 Å². The van der Waals surface area contributed by atoms with Gasteiger partial charge in [-0.1, -0.05) is 0 Å². The minimum absolute atomic E-state index is 0.266. The lowest BCUT2D eigenvalue weighted by Gasteiger charge is -1.91. The van der Waals surface area contributed by atoms with Gasteiger partial charge in [0.2, 0.25) is 0 Å². The third kappa shape index (κ3) is 4.78. The Balaban J connectivity index is 2.54. The monoisotopic (exact) mass is 108 g/mol. The van der Waals surface area contributed by atoms with Crippen LogP contribution in [-0.2, 0) is 0 Å². The largest absolute Gasteiger partial charge is 0.175 e. The van der Waals surface area contributed by atoms with Gasteiger partial charge in [-0.25, -0.2) is 0 Å². The number of hydrogen-bond donors (Lipinski definition) is 1. The molecule has 0 fully saturated rings. The lowest BCUT2D eigenvalue weighted by atomic mass is 11.8. The van der Waals surface area contributed by atoms with Gasteiger partial charge in [0.25, 0.3) is 0 Å². The molecule has 0 aliphatic carbocycles. The molecule has 0 saturated heterocycles. The molecule has 0 aliphatic heterocycles. The second-order valence-corrected chi connectivity index (χ2v) is 4.51. The summed E-state index contributed by atoms with van der Waals surface area (Å²) in [5.41, 5.74) is 1.06. The van der Waals surface area contributed by atoms with E-state index < -0.39 is 0 Å². The van der Waals surface area contributed by atoms with E-state index in [4.69, 9.17) is 0 Å². The van der Waals surface area contributed by atoms with Gasteiger partial charge in [0.1, 0.15) is 0 Å². The van der Waals surface area contributed by atoms with Crippen molar-refractivity contribution < 1.29 is 0 Å². The molecule has 0 radical (unpaired) electrons. The van der Waals surface area contributed by atoms with Crippen molar-refractivity contribution in [3.8, 4) is 0 Å². The lowest BCUT2D eigenvalue weighted by molar-refractivity contribution is 2.06. The van der Waals surface area contributed by atoms with E-state index in [-0.39, 0.29) is 7.92 Å². The normalized spacial score (nSPS) is 9.60. The van der Waals surface area contributed by atoms with Gasteiger partial charge >= 0.3 is 0 Å². The average Bonchev–Trinajstić information content (AvgIpc) is 1.38. The van der Waals surface area contributed by atoms with Crippen LogP contribution in [0.15, 0.2) is 0 Å². The van der Waals surface area contributed by atoms with Gasteiger partial charge in [0, 0.05) is 5.49 Å². The molecule has 0 spiro atoms. The van der Waals surface area contributed by atoms with Crippen molar-refractivity contribution in [2.45, 2.75) is 0 Å². The van der Waals surface area contributed by atoms with Crippen molar-refractivity contribution in [3.05, 3.63) is 0 Å². The van der Waals surface area contributed by atoms with Gasteiger partial charge < -0.3 is 0 Å². The van der Waals surface area contributed by atoms with Crippen LogP contribution in [0.4, 0.5) is 0 Å². The van der Waals surface area contributed by atoms with E-state index in [1.165, 1.54) is 0 Å². The third-order valence-electron chi connectivity index (χ3n) is 0.283. The second-order valence-electron chi connectivity index (χ2n) is 1.22. The first-order chi connectivity index (χ1) is 2.27. The smallest absolute Gasteiger partial charge is 0.0101 e. The Bertz CT molecular complexity index is 20.9. The molecular weight excluding hydrogens is 99.1 g/mol. The van der Waals surface area contributed by atoms with Crippen LogP contribution in [0.3, 0.4) is 0 Å². The Kier molecular flexibility index (Phi) is 3.46. The van der Waals surface area contributed by atoms with E-state index in [0.717, 1.165) is 5.49 Å². The van der Waals surface area contributed by atoms with E-state index in [0.29, 0.717) is 0 Å². The zero-order valence-corrected chi connectivity index (χ0v) is 5.39. The van der Waals surface area contributed by atoms with Crippen LogP contribution < -0.4 is 0 Å². The highest BCUT2D eigenvalue weighted by molar-refractivity contribution is 7.89. The van der Waals surface area contributed by atoms with Gasteiger partial charge in [0.15, 0.2) is 0 Å². The van der Waals surface area contributed by atoms with Crippen molar-refractivity contribution in [2.24, 2.45) is 0 Å². The molecule has 0 aromatic heterocycles. The summed E-state index contributed by atoms with van der Waals surface area (Å²) in [7, 11) is 0.266. The summed E-state index contributed by atoms with van der Waals surface area (Å²) < 4.78 is 0. The van der Waals surface area contributed by atoms with Crippen molar-refractivity contribution >= 4 is 20.6 Å². The topological polar surface area (TPSA) is 0 Å². The van der Waals surface area contributed by atoms with Gasteiger partial charge in [-0.15, -0.1) is 7.92 Å². The van der Waals surface area contributed by atoms with Crippen molar-refractivity contribution in [2.75, 3.05) is 18.8 Å². The molecule has 32 valence electrons. The van der Waals surface area contributed by atoms with Gasteiger partial charge in [-0.3, -0.25) is 0 Å². The average molecular weight is 108 g/mol. The molecule has 0 unspecified atom stereocenters. The maximum absolute atomic E-state index is 4.04. The molecule has 0 nitrogen and oxygen atoms in total. The van der Waals surface area contributed by atoms with E-state index in [2.05, 4.69) is 26.0 Å². The first-order valence-corrected chi connectivity index (χ1v) is 4.58. The fourth-order valence-corrected chi connectivity index (χ4v) is 0. The minimum Gasteiger partial charge on any atom is -0.175 e. The SMILES string of the molecule is CP(C)CS. The summed E-state index contributed by atoms with van der Waals surface area (Å²) in [4.78, 5) is 0. The first-order valence-electron chi connectivity index (χ1n) is 1.53. The van der Waals surface area contributed by atoms with E-state index >= 15 is 0 Å². The Morgan fingerprint density at radius 2 is 1.80 bits per heavy atom. The van der Waals surface area contributed by atoms with Gasteiger partial charge in [-0.2, -0.15) is 12.6 Å². The van der Waals surface area contributed by atoms with Crippen LogP contribution in [-0.4, -0.2) is 18.8 Å². The Morgan fingerprint density at radius 1 is 1.60 bits per heavy atom. The van der Waals surface area contributed by atoms with Gasteiger partial charge in [-0.05, 0) is 13.3 Å². The Hall–Kier alpha value is 0.780. The predicted octanol–water partition coefficient (Wildman–Crippen LogP) is 1.62. The fraction of sp³-hybridized carbons (Fsp3) is 1.00. The molecule has 0 bridgehead atoms. The minimum atomic E-state index is 0.266. The Morgan fingerprint density at radius 3 is 1.80 bits per heavy atom. The molecule has 5 heavy (non-hydrogen) atoms. The van der Waals surface area contributed by atoms with Crippen LogP contribution in [0, 0.1) is 0 Å². The van der Waals surface area contributed by atoms with Crippen LogP contribution in [0.2, 0.25) is 0 Å². The highest BCUT2D eigenvalue weighted by atomic mass is 32.1. The highest BCUT2D eigenvalue weighted by Crippen LogP contribution is 2.24. The molecule has 0 aliphatic rings. The van der Waals surface area contributed by atoms with E-state index in [9.17, 15) is 0 Å². The molecule has 0 aromatic carbocycles. The summed E-state index contributed by atoms with van der Waals surface area (Å²) in [6, 6.07) is 0. The number of hydrogen-bond acceptors (Lipinski definition) is 1. The molecule has 2 heteroatoms.